The first kappa shape index (κ1) is 8.90. The number of rotatable bonds is 2. The van der Waals surface area contributed by atoms with Crippen molar-refractivity contribution in [3.8, 4) is 0 Å². The van der Waals surface area contributed by atoms with Gasteiger partial charge in [-0.3, -0.25) is 4.79 Å². The van der Waals surface area contributed by atoms with Gasteiger partial charge in [0.2, 0.25) is 5.91 Å². The van der Waals surface area contributed by atoms with Crippen LogP contribution in [0.25, 0.3) is 0 Å². The van der Waals surface area contributed by atoms with Crippen LogP contribution in [0.2, 0.25) is 0 Å². The van der Waals surface area contributed by atoms with E-state index in [1.54, 1.807) is 0 Å². The zero-order valence-corrected chi connectivity index (χ0v) is 5.87. The van der Waals surface area contributed by atoms with Gasteiger partial charge in [-0.15, -0.1) is 0 Å². The molecule has 0 aliphatic carbocycles. The fraction of sp³-hybridized carbons (Fsp3) is 0.600. The van der Waals surface area contributed by atoms with Crippen molar-refractivity contribution in [2.75, 3.05) is 7.05 Å². The number of nitrogens with two attached hydrogens (primary N) is 1. The van der Waals surface area contributed by atoms with E-state index in [4.69, 9.17) is 10.8 Å². The predicted octanol–water partition coefficient (Wildman–Crippen LogP) is -1.17. The zero-order valence-electron chi connectivity index (χ0n) is 5.87. The number of likely N-dealkylation sites (N-methyl/N-ethyl adjacent to an activating group) is 1. The van der Waals surface area contributed by atoms with Crippen molar-refractivity contribution < 1.29 is 14.7 Å². The summed E-state index contributed by atoms with van der Waals surface area (Å²) >= 11 is 0. The topological polar surface area (TPSA) is 83.6 Å². The van der Waals surface area contributed by atoms with Gasteiger partial charge in [0.15, 0.2) is 6.17 Å². The lowest BCUT2D eigenvalue weighted by atomic mass is 10.4. The lowest BCUT2D eigenvalue weighted by Gasteiger charge is -2.18. The first-order chi connectivity index (χ1) is 4.46. The highest BCUT2D eigenvalue weighted by Gasteiger charge is 2.18. The molecule has 0 heterocycles. The van der Waals surface area contributed by atoms with Gasteiger partial charge in [-0.1, -0.05) is 0 Å². The molecule has 10 heavy (non-hydrogen) atoms. The Hall–Kier alpha value is -1.10. The molecule has 1 amide bonds. The Kier molecular flexibility index (Phi) is 2.82. The number of carboxylic acid groups (broad SMARTS) is 1. The van der Waals surface area contributed by atoms with Gasteiger partial charge < -0.3 is 15.7 Å². The summed E-state index contributed by atoms with van der Waals surface area (Å²) in [5.41, 5.74) is 5.07. The number of carboxylic acids is 1. The molecule has 0 fully saturated rings. The molecule has 0 rings (SSSR count). The Balaban J connectivity index is 4.07. The van der Waals surface area contributed by atoms with E-state index in [0.29, 0.717) is 0 Å². The maximum atomic E-state index is 10.5. The molecule has 3 N–H and O–H groups in total. The normalized spacial score (nSPS) is 12.3. The molecule has 0 radical (unpaired) electrons. The average molecular weight is 146 g/mol. The standard InChI is InChI=1S/C5H10N2O3/c1-3(8)7(2)4(6)5(9)10/h4H,6H2,1-2H3,(H,9,10). The predicted molar refractivity (Wildman–Crippen MR) is 34.1 cm³/mol. The molecule has 58 valence electrons. The summed E-state index contributed by atoms with van der Waals surface area (Å²) in [7, 11) is 1.33. The van der Waals surface area contributed by atoms with Crippen molar-refractivity contribution in [3.63, 3.8) is 0 Å². The molecule has 0 aliphatic rings. The Bertz CT molecular complexity index is 139. The molecule has 0 bridgehead atoms. The molecule has 1 unspecified atom stereocenters. The van der Waals surface area contributed by atoms with Gasteiger partial charge in [-0.25, -0.2) is 4.79 Å². The highest BCUT2D eigenvalue weighted by atomic mass is 16.4. The zero-order chi connectivity index (χ0) is 8.31. The van der Waals surface area contributed by atoms with Crippen LogP contribution >= 0.6 is 0 Å². The third-order valence-corrected chi connectivity index (χ3v) is 1.17. The van der Waals surface area contributed by atoms with Crippen molar-refractivity contribution in [3.05, 3.63) is 0 Å². The third-order valence-electron chi connectivity index (χ3n) is 1.17. The molecule has 0 aromatic heterocycles. The molecule has 1 atom stereocenters. The van der Waals surface area contributed by atoms with E-state index in [2.05, 4.69) is 0 Å². The molecule has 5 nitrogen and oxygen atoms in total. The number of nitrogens with zero attached hydrogens (tertiary/aromatic N) is 1. The highest BCUT2D eigenvalue weighted by Crippen LogP contribution is 1.88. The number of amides is 1. The monoisotopic (exact) mass is 146 g/mol. The minimum absolute atomic E-state index is 0.366. The largest absolute Gasteiger partial charge is 0.479 e. The Labute approximate surface area is 58.4 Å². The number of carbonyl (C=O) groups is 2. The molecular formula is C5H10N2O3. The lowest BCUT2D eigenvalue weighted by molar-refractivity contribution is -0.148. The van der Waals surface area contributed by atoms with Crippen molar-refractivity contribution in [2.45, 2.75) is 13.1 Å². The Morgan fingerprint density at radius 3 is 2.10 bits per heavy atom. The van der Waals surface area contributed by atoms with Gasteiger partial charge in [0.25, 0.3) is 0 Å². The van der Waals surface area contributed by atoms with Crippen LogP contribution in [-0.2, 0) is 9.59 Å². The van der Waals surface area contributed by atoms with Gasteiger partial charge >= 0.3 is 5.97 Å². The second kappa shape index (κ2) is 3.17. The molecule has 0 saturated heterocycles. The SMILES string of the molecule is CC(=O)N(C)C(N)C(=O)O. The summed E-state index contributed by atoms with van der Waals surface area (Å²) in [6, 6.07) is 0. The summed E-state index contributed by atoms with van der Waals surface area (Å²) in [6.45, 7) is 1.25. The summed E-state index contributed by atoms with van der Waals surface area (Å²) in [4.78, 5) is 21.5. The molecule has 0 saturated carbocycles. The van der Waals surface area contributed by atoms with Crippen molar-refractivity contribution in [2.24, 2.45) is 5.73 Å². The van der Waals surface area contributed by atoms with E-state index in [9.17, 15) is 9.59 Å². The van der Waals surface area contributed by atoms with Gasteiger partial charge in [0.05, 0.1) is 0 Å². The number of hydrogen-bond acceptors (Lipinski definition) is 3. The molecular weight excluding hydrogens is 136 g/mol. The van der Waals surface area contributed by atoms with Crippen LogP contribution in [0.3, 0.4) is 0 Å². The fourth-order valence-electron chi connectivity index (χ4n) is 0.362. The van der Waals surface area contributed by atoms with E-state index in [-0.39, 0.29) is 5.91 Å². The minimum atomic E-state index is -1.24. The molecule has 0 aliphatic heterocycles. The maximum absolute atomic E-state index is 10.5. The maximum Gasteiger partial charge on any atom is 0.341 e. The summed E-state index contributed by atoms with van der Waals surface area (Å²) in [6.07, 6.45) is -1.24. The van der Waals surface area contributed by atoms with E-state index >= 15 is 0 Å². The van der Waals surface area contributed by atoms with Crippen LogP contribution < -0.4 is 5.73 Å². The second-order valence-electron chi connectivity index (χ2n) is 1.91. The quantitative estimate of drug-likeness (QED) is 0.481. The molecule has 0 aromatic rings. The number of carbonyl (C=O) groups excluding carboxylic acids is 1. The summed E-state index contributed by atoms with van der Waals surface area (Å²) in [5, 5.41) is 8.28. The van der Waals surface area contributed by atoms with E-state index in [1.807, 2.05) is 0 Å². The highest BCUT2D eigenvalue weighted by molar-refractivity contribution is 5.81. The molecule has 5 heteroatoms. The van der Waals surface area contributed by atoms with Crippen LogP contribution in [-0.4, -0.2) is 35.1 Å². The first-order valence-electron chi connectivity index (χ1n) is 2.68. The van der Waals surface area contributed by atoms with Crippen LogP contribution in [0.4, 0.5) is 0 Å². The smallest absolute Gasteiger partial charge is 0.341 e. The minimum Gasteiger partial charge on any atom is -0.479 e. The van der Waals surface area contributed by atoms with Crippen LogP contribution in [0, 0.1) is 0 Å². The van der Waals surface area contributed by atoms with E-state index < -0.39 is 12.1 Å². The molecule has 0 aromatic carbocycles. The van der Waals surface area contributed by atoms with Gasteiger partial charge in [0.1, 0.15) is 0 Å². The first-order valence-corrected chi connectivity index (χ1v) is 2.68. The van der Waals surface area contributed by atoms with Gasteiger partial charge in [-0.2, -0.15) is 0 Å². The lowest BCUT2D eigenvalue weighted by Crippen LogP contribution is -2.47. The van der Waals surface area contributed by atoms with E-state index in [0.717, 1.165) is 4.90 Å². The number of hydrogen-bond donors (Lipinski definition) is 2. The molecule has 0 spiro atoms. The van der Waals surface area contributed by atoms with Crippen LogP contribution in [0.15, 0.2) is 0 Å². The van der Waals surface area contributed by atoms with Gasteiger partial charge in [-0.05, 0) is 0 Å². The van der Waals surface area contributed by atoms with Crippen LogP contribution in [0.5, 0.6) is 0 Å². The van der Waals surface area contributed by atoms with Crippen LogP contribution in [0.1, 0.15) is 6.92 Å². The average Bonchev–Trinajstić information content (AvgIpc) is 1.84. The van der Waals surface area contributed by atoms with Crippen molar-refractivity contribution >= 4 is 11.9 Å². The van der Waals surface area contributed by atoms with Gasteiger partial charge in [0, 0.05) is 14.0 Å². The second-order valence-corrected chi connectivity index (χ2v) is 1.91. The fourth-order valence-corrected chi connectivity index (χ4v) is 0.362. The number of aliphatic carboxylic acids is 1. The third kappa shape index (κ3) is 2.02. The van der Waals surface area contributed by atoms with Crippen molar-refractivity contribution in [1.29, 1.82) is 0 Å². The summed E-state index contributed by atoms with van der Waals surface area (Å²) < 4.78 is 0. The van der Waals surface area contributed by atoms with E-state index in [1.165, 1.54) is 14.0 Å². The Morgan fingerprint density at radius 2 is 2.00 bits per heavy atom. The van der Waals surface area contributed by atoms with Crippen molar-refractivity contribution in [1.82, 2.24) is 4.90 Å². The summed E-state index contributed by atoms with van der Waals surface area (Å²) in [5.74, 6) is -1.58. The Morgan fingerprint density at radius 1 is 1.60 bits per heavy atom.